The first-order valence-electron chi connectivity index (χ1n) is 8.86. The number of benzene rings is 1. The van der Waals surface area contributed by atoms with Crippen LogP contribution in [0.3, 0.4) is 0 Å². The van der Waals surface area contributed by atoms with Crippen LogP contribution in [0.2, 0.25) is 0 Å². The number of carbonyl (C=O) groups is 1. The molecule has 1 saturated carbocycles. The minimum absolute atomic E-state index is 0.149. The summed E-state index contributed by atoms with van der Waals surface area (Å²) in [7, 11) is 0. The number of carbonyl (C=O) groups excluding carboxylic acids is 1. The molecule has 0 radical (unpaired) electrons. The van der Waals surface area contributed by atoms with Crippen molar-refractivity contribution in [3.63, 3.8) is 0 Å². The number of amides is 1. The molecule has 3 nitrogen and oxygen atoms in total. The van der Waals surface area contributed by atoms with Crippen molar-refractivity contribution in [1.29, 1.82) is 0 Å². The maximum Gasteiger partial charge on any atom is 0.231 e. The molecule has 1 aromatic rings. The van der Waals surface area contributed by atoms with Gasteiger partial charge >= 0.3 is 0 Å². The fraction of sp³-hybridized carbons (Fsp3) is 0.632. The summed E-state index contributed by atoms with van der Waals surface area (Å²) in [6, 6.07) is 8.85. The molecule has 3 rings (SSSR count). The molecule has 1 amide bonds. The van der Waals surface area contributed by atoms with E-state index in [0.717, 1.165) is 44.5 Å². The number of nitrogens with zero attached hydrogens (tertiary/aromatic N) is 1. The third-order valence-electron chi connectivity index (χ3n) is 5.10. The van der Waals surface area contributed by atoms with Gasteiger partial charge in [-0.25, -0.2) is 0 Å². The summed E-state index contributed by atoms with van der Waals surface area (Å²) in [5.74, 6) is 0.487. The number of aryl methyl sites for hydroxylation is 1. The summed E-state index contributed by atoms with van der Waals surface area (Å²) in [6.07, 6.45) is 8.27. The lowest BCUT2D eigenvalue weighted by molar-refractivity contribution is -0.123. The molecule has 1 aliphatic carbocycles. The smallest absolute Gasteiger partial charge is 0.231 e. The highest BCUT2D eigenvalue weighted by Gasteiger charge is 2.32. The Bertz CT molecular complexity index is 502. The van der Waals surface area contributed by atoms with Crippen LogP contribution in [0.4, 0.5) is 5.69 Å². The fourth-order valence-electron chi connectivity index (χ4n) is 3.89. The van der Waals surface area contributed by atoms with Gasteiger partial charge in [-0.2, -0.15) is 0 Å². The summed E-state index contributed by atoms with van der Waals surface area (Å²) in [5.41, 5.74) is 2.33. The molecule has 2 fully saturated rings. The van der Waals surface area contributed by atoms with Crippen LogP contribution in [0, 0.1) is 12.8 Å². The Hall–Kier alpha value is -1.35. The molecule has 3 heteroatoms. The van der Waals surface area contributed by atoms with E-state index in [4.69, 9.17) is 0 Å². The van der Waals surface area contributed by atoms with E-state index in [1.54, 1.807) is 0 Å². The van der Waals surface area contributed by atoms with Crippen LogP contribution < -0.4 is 10.2 Å². The number of nitrogens with one attached hydrogen (secondary N) is 1. The van der Waals surface area contributed by atoms with Crippen molar-refractivity contribution in [2.75, 3.05) is 18.0 Å². The Labute approximate surface area is 134 Å². The summed E-state index contributed by atoms with van der Waals surface area (Å²) in [4.78, 5) is 15.3. The molecule has 2 aliphatic rings. The largest absolute Gasteiger partial charge is 0.316 e. The van der Waals surface area contributed by atoms with Gasteiger partial charge in [0, 0.05) is 18.3 Å². The van der Waals surface area contributed by atoms with Crippen LogP contribution in [0.15, 0.2) is 24.3 Å². The summed E-state index contributed by atoms with van der Waals surface area (Å²) in [5, 5.41) is 3.39. The Morgan fingerprint density at radius 1 is 1.14 bits per heavy atom. The lowest BCUT2D eigenvalue weighted by Crippen LogP contribution is -2.48. The molecule has 1 aromatic carbocycles. The SMILES string of the molecule is Cc1cccc(N(C(=O)[C@H]2CCCNC2)C2CCCCC2)c1. The molecule has 0 spiro atoms. The zero-order chi connectivity index (χ0) is 15.4. The maximum atomic E-state index is 13.2. The van der Waals surface area contributed by atoms with E-state index in [9.17, 15) is 4.79 Å². The number of anilines is 1. The van der Waals surface area contributed by atoms with Gasteiger partial charge in [-0.05, 0) is 56.8 Å². The Morgan fingerprint density at radius 2 is 1.95 bits per heavy atom. The zero-order valence-corrected chi connectivity index (χ0v) is 13.7. The van der Waals surface area contributed by atoms with Crippen molar-refractivity contribution < 1.29 is 4.79 Å². The van der Waals surface area contributed by atoms with Crippen molar-refractivity contribution >= 4 is 11.6 Å². The van der Waals surface area contributed by atoms with E-state index in [0.29, 0.717) is 11.9 Å². The van der Waals surface area contributed by atoms with E-state index in [-0.39, 0.29) is 5.92 Å². The van der Waals surface area contributed by atoms with Crippen molar-refractivity contribution in [1.82, 2.24) is 5.32 Å². The average Bonchev–Trinajstić information content (AvgIpc) is 2.57. The normalized spacial score (nSPS) is 23.2. The standard InChI is InChI=1S/C19H28N2O/c1-15-7-5-11-18(13-15)21(17-9-3-2-4-10-17)19(22)16-8-6-12-20-14-16/h5,7,11,13,16-17,20H,2-4,6,8-10,12,14H2,1H3/t16-/m0/s1. The topological polar surface area (TPSA) is 32.3 Å². The van der Waals surface area contributed by atoms with E-state index in [1.807, 2.05) is 0 Å². The van der Waals surface area contributed by atoms with Gasteiger partial charge in [0.05, 0.1) is 5.92 Å². The molecule has 1 atom stereocenters. The number of hydrogen-bond donors (Lipinski definition) is 1. The molecule has 1 heterocycles. The lowest BCUT2D eigenvalue weighted by atomic mass is 9.91. The molecule has 1 saturated heterocycles. The van der Waals surface area contributed by atoms with Crippen molar-refractivity contribution in [2.24, 2.45) is 5.92 Å². The highest BCUT2D eigenvalue weighted by molar-refractivity contribution is 5.96. The molecule has 0 aromatic heterocycles. The Balaban J connectivity index is 1.86. The van der Waals surface area contributed by atoms with Gasteiger partial charge in [0.1, 0.15) is 0 Å². The predicted octanol–water partition coefficient (Wildman–Crippen LogP) is 3.66. The molecule has 0 unspecified atom stereocenters. The second-order valence-electron chi connectivity index (χ2n) is 6.88. The molecule has 1 aliphatic heterocycles. The number of hydrogen-bond acceptors (Lipinski definition) is 2. The summed E-state index contributed by atoms with van der Waals surface area (Å²) in [6.45, 7) is 4.00. The van der Waals surface area contributed by atoms with Crippen LogP contribution in [-0.2, 0) is 4.79 Å². The van der Waals surface area contributed by atoms with Crippen LogP contribution in [0.25, 0.3) is 0 Å². The second-order valence-corrected chi connectivity index (χ2v) is 6.88. The van der Waals surface area contributed by atoms with Crippen LogP contribution in [-0.4, -0.2) is 25.0 Å². The molecule has 1 N–H and O–H groups in total. The minimum atomic E-state index is 0.149. The lowest BCUT2D eigenvalue weighted by Gasteiger charge is -2.37. The van der Waals surface area contributed by atoms with E-state index in [1.165, 1.54) is 24.8 Å². The Kier molecular flexibility index (Phi) is 5.14. The van der Waals surface area contributed by atoms with Gasteiger partial charge in [0.25, 0.3) is 0 Å². The quantitative estimate of drug-likeness (QED) is 0.924. The Morgan fingerprint density at radius 3 is 2.64 bits per heavy atom. The first-order chi connectivity index (χ1) is 10.8. The van der Waals surface area contributed by atoms with Crippen LogP contribution in [0.5, 0.6) is 0 Å². The highest BCUT2D eigenvalue weighted by Crippen LogP contribution is 2.30. The zero-order valence-electron chi connectivity index (χ0n) is 13.7. The van der Waals surface area contributed by atoms with Crippen LogP contribution >= 0.6 is 0 Å². The first-order valence-corrected chi connectivity index (χ1v) is 8.86. The second kappa shape index (κ2) is 7.28. The van der Waals surface area contributed by atoms with Gasteiger partial charge in [-0.15, -0.1) is 0 Å². The first kappa shape index (κ1) is 15.5. The maximum absolute atomic E-state index is 13.2. The van der Waals surface area contributed by atoms with Gasteiger partial charge in [-0.3, -0.25) is 4.79 Å². The molecule has 120 valence electrons. The van der Waals surface area contributed by atoms with Crippen molar-refractivity contribution in [3.8, 4) is 0 Å². The number of rotatable bonds is 3. The van der Waals surface area contributed by atoms with Gasteiger partial charge in [0.2, 0.25) is 5.91 Å². The molecule has 0 bridgehead atoms. The van der Waals surface area contributed by atoms with Gasteiger partial charge < -0.3 is 10.2 Å². The minimum Gasteiger partial charge on any atom is -0.316 e. The predicted molar refractivity (Wildman–Crippen MR) is 91.1 cm³/mol. The fourth-order valence-corrected chi connectivity index (χ4v) is 3.89. The molecular formula is C19H28N2O. The monoisotopic (exact) mass is 300 g/mol. The van der Waals surface area contributed by atoms with E-state index >= 15 is 0 Å². The third-order valence-corrected chi connectivity index (χ3v) is 5.10. The van der Waals surface area contributed by atoms with Gasteiger partial charge in [-0.1, -0.05) is 31.4 Å². The van der Waals surface area contributed by atoms with Crippen molar-refractivity contribution in [2.45, 2.75) is 57.9 Å². The van der Waals surface area contributed by atoms with Crippen molar-refractivity contribution in [3.05, 3.63) is 29.8 Å². The third kappa shape index (κ3) is 3.52. The van der Waals surface area contributed by atoms with E-state index in [2.05, 4.69) is 41.4 Å². The molecular weight excluding hydrogens is 272 g/mol. The van der Waals surface area contributed by atoms with Gasteiger partial charge in [0.15, 0.2) is 0 Å². The summed E-state index contributed by atoms with van der Waals surface area (Å²) >= 11 is 0. The summed E-state index contributed by atoms with van der Waals surface area (Å²) < 4.78 is 0. The van der Waals surface area contributed by atoms with Crippen LogP contribution in [0.1, 0.15) is 50.5 Å². The highest BCUT2D eigenvalue weighted by atomic mass is 16.2. The number of piperidine rings is 1. The molecule has 22 heavy (non-hydrogen) atoms. The average molecular weight is 300 g/mol. The van der Waals surface area contributed by atoms with E-state index < -0.39 is 0 Å².